The summed E-state index contributed by atoms with van der Waals surface area (Å²) in [5.41, 5.74) is 0.220. The van der Waals surface area contributed by atoms with Crippen LogP contribution in [0.25, 0.3) is 0 Å². The van der Waals surface area contributed by atoms with Gasteiger partial charge in [-0.3, -0.25) is 0 Å². The summed E-state index contributed by atoms with van der Waals surface area (Å²) >= 11 is 1.53. The molecule has 2 nitrogen and oxygen atoms in total. The van der Waals surface area contributed by atoms with E-state index in [9.17, 15) is 10.2 Å². The number of thiophene rings is 1. The van der Waals surface area contributed by atoms with Crippen molar-refractivity contribution in [3.63, 3.8) is 0 Å². The van der Waals surface area contributed by atoms with Gasteiger partial charge >= 0.3 is 0 Å². The number of rotatable bonds is 2. The minimum absolute atomic E-state index is 0.690. The highest BCUT2D eigenvalue weighted by Gasteiger charge is 2.40. The van der Waals surface area contributed by atoms with Gasteiger partial charge in [0.25, 0.3) is 0 Å². The van der Waals surface area contributed by atoms with Crippen LogP contribution in [0.15, 0.2) is 11.4 Å². The molecular weight excluding hydrogens is 196 g/mol. The molecule has 1 unspecified atom stereocenters. The van der Waals surface area contributed by atoms with Gasteiger partial charge in [-0.2, -0.15) is 0 Å². The van der Waals surface area contributed by atoms with Crippen molar-refractivity contribution < 1.29 is 10.2 Å². The molecule has 1 aromatic rings. The Kier molecular flexibility index (Phi) is 2.64. The van der Waals surface area contributed by atoms with Crippen LogP contribution in [0.1, 0.15) is 42.2 Å². The predicted octanol–water partition coefficient (Wildman–Crippen LogP) is 2.40. The molecular formula is C11H16O2S. The number of aliphatic hydroxyl groups excluding tert-OH is 1. The highest BCUT2D eigenvalue weighted by atomic mass is 32.1. The zero-order chi connectivity index (χ0) is 10.2. The van der Waals surface area contributed by atoms with E-state index >= 15 is 0 Å². The Morgan fingerprint density at radius 2 is 2.07 bits per heavy atom. The Bertz CT molecular complexity index is 313. The van der Waals surface area contributed by atoms with Crippen LogP contribution < -0.4 is 0 Å². The molecule has 1 heterocycles. The number of hydrogen-bond acceptors (Lipinski definition) is 3. The molecule has 0 saturated heterocycles. The van der Waals surface area contributed by atoms with Crippen LogP contribution in [0.5, 0.6) is 0 Å². The van der Waals surface area contributed by atoms with Crippen molar-refractivity contribution in [3.8, 4) is 0 Å². The molecule has 3 heteroatoms. The summed E-state index contributed by atoms with van der Waals surface area (Å²) in [6, 6.07) is 1.99. The third kappa shape index (κ3) is 1.60. The first-order valence-electron chi connectivity index (χ1n) is 5.08. The van der Waals surface area contributed by atoms with E-state index in [0.29, 0.717) is 0 Å². The molecule has 0 spiro atoms. The smallest absolute Gasteiger partial charge is 0.117 e. The summed E-state index contributed by atoms with van der Waals surface area (Å²) in [6.07, 6.45) is 2.82. The van der Waals surface area contributed by atoms with Gasteiger partial charge in [0.1, 0.15) is 6.10 Å². The molecule has 1 atom stereocenters. The summed E-state index contributed by atoms with van der Waals surface area (Å²) in [6.45, 7) is 1.98. The molecule has 0 bridgehead atoms. The third-order valence-corrected chi connectivity index (χ3v) is 4.20. The fourth-order valence-electron chi connectivity index (χ4n) is 2.17. The van der Waals surface area contributed by atoms with Crippen LogP contribution in [0.2, 0.25) is 0 Å². The van der Waals surface area contributed by atoms with E-state index in [1.165, 1.54) is 11.3 Å². The second-order valence-electron chi connectivity index (χ2n) is 4.18. The van der Waals surface area contributed by atoms with Crippen LogP contribution in [-0.2, 0) is 0 Å². The highest BCUT2D eigenvalue weighted by molar-refractivity contribution is 7.10. The first-order valence-corrected chi connectivity index (χ1v) is 5.96. The summed E-state index contributed by atoms with van der Waals surface area (Å²) < 4.78 is 0. The Labute approximate surface area is 88.2 Å². The van der Waals surface area contributed by atoms with E-state index in [2.05, 4.69) is 0 Å². The molecule has 2 N–H and O–H groups in total. The highest BCUT2D eigenvalue weighted by Crippen LogP contribution is 2.41. The molecule has 14 heavy (non-hydrogen) atoms. The van der Waals surface area contributed by atoms with E-state index < -0.39 is 11.7 Å². The molecule has 0 radical (unpaired) electrons. The van der Waals surface area contributed by atoms with Gasteiger partial charge in [0.2, 0.25) is 0 Å². The van der Waals surface area contributed by atoms with Crippen molar-refractivity contribution in [3.05, 3.63) is 21.9 Å². The Morgan fingerprint density at radius 1 is 1.43 bits per heavy atom. The van der Waals surface area contributed by atoms with E-state index in [0.717, 1.165) is 36.1 Å². The fourth-order valence-corrected chi connectivity index (χ4v) is 3.19. The van der Waals surface area contributed by atoms with Gasteiger partial charge in [0.05, 0.1) is 5.60 Å². The number of aryl methyl sites for hydroxylation is 1. The van der Waals surface area contributed by atoms with E-state index in [4.69, 9.17) is 0 Å². The minimum Gasteiger partial charge on any atom is -0.387 e. The maximum atomic E-state index is 10.2. The van der Waals surface area contributed by atoms with Crippen LogP contribution in [0, 0.1) is 6.92 Å². The van der Waals surface area contributed by atoms with Crippen LogP contribution in [0.4, 0.5) is 0 Å². The Balaban J connectivity index is 2.23. The second kappa shape index (κ2) is 3.65. The largest absolute Gasteiger partial charge is 0.387 e. The van der Waals surface area contributed by atoms with Crippen LogP contribution in [0.3, 0.4) is 0 Å². The lowest BCUT2D eigenvalue weighted by atomic mass is 9.92. The average Bonchev–Trinajstić information content (AvgIpc) is 2.74. The van der Waals surface area contributed by atoms with E-state index in [1.54, 1.807) is 0 Å². The van der Waals surface area contributed by atoms with Gasteiger partial charge < -0.3 is 10.2 Å². The van der Waals surface area contributed by atoms with E-state index in [1.807, 2.05) is 18.4 Å². The molecule has 0 aliphatic heterocycles. The van der Waals surface area contributed by atoms with E-state index in [-0.39, 0.29) is 0 Å². The van der Waals surface area contributed by atoms with Crippen LogP contribution >= 0.6 is 11.3 Å². The molecule has 0 aromatic carbocycles. The van der Waals surface area contributed by atoms with Gasteiger partial charge in [-0.05, 0) is 36.8 Å². The van der Waals surface area contributed by atoms with Crippen LogP contribution in [-0.4, -0.2) is 15.8 Å². The monoisotopic (exact) mass is 212 g/mol. The van der Waals surface area contributed by atoms with Gasteiger partial charge in [-0.15, -0.1) is 11.3 Å². The predicted molar refractivity (Wildman–Crippen MR) is 57.4 cm³/mol. The van der Waals surface area contributed by atoms with Gasteiger partial charge in [0.15, 0.2) is 0 Å². The lowest BCUT2D eigenvalue weighted by Gasteiger charge is -2.28. The number of hydrogen-bond donors (Lipinski definition) is 2. The first kappa shape index (κ1) is 10.1. The summed E-state index contributed by atoms with van der Waals surface area (Å²) in [7, 11) is 0. The number of aliphatic hydroxyl groups is 2. The summed E-state index contributed by atoms with van der Waals surface area (Å²) in [5, 5.41) is 22.3. The van der Waals surface area contributed by atoms with Crippen molar-refractivity contribution in [1.82, 2.24) is 0 Å². The molecule has 0 amide bonds. The Hall–Kier alpha value is -0.380. The molecule has 1 aliphatic carbocycles. The molecule has 1 aliphatic rings. The summed E-state index contributed by atoms with van der Waals surface area (Å²) in [5.74, 6) is 0. The van der Waals surface area contributed by atoms with Gasteiger partial charge in [0, 0.05) is 4.88 Å². The van der Waals surface area contributed by atoms with Gasteiger partial charge in [-0.1, -0.05) is 12.8 Å². The zero-order valence-corrected chi connectivity index (χ0v) is 9.18. The fraction of sp³-hybridized carbons (Fsp3) is 0.636. The quantitative estimate of drug-likeness (QED) is 0.790. The lowest BCUT2D eigenvalue weighted by molar-refractivity contribution is -0.0704. The zero-order valence-electron chi connectivity index (χ0n) is 8.36. The molecule has 1 aromatic heterocycles. The summed E-state index contributed by atoms with van der Waals surface area (Å²) in [4.78, 5) is 0.925. The van der Waals surface area contributed by atoms with Gasteiger partial charge in [-0.25, -0.2) is 0 Å². The molecule has 78 valence electrons. The minimum atomic E-state index is -0.865. The van der Waals surface area contributed by atoms with Crippen molar-refractivity contribution in [2.24, 2.45) is 0 Å². The standard InChI is InChI=1S/C11H16O2S/c1-8-4-7-14-9(8)10(12)11(13)5-2-3-6-11/h4,7,10,12-13H,2-3,5-6H2,1H3. The van der Waals surface area contributed by atoms with Crippen molar-refractivity contribution >= 4 is 11.3 Å². The lowest BCUT2D eigenvalue weighted by Crippen LogP contribution is -2.32. The maximum Gasteiger partial charge on any atom is 0.117 e. The second-order valence-corrected chi connectivity index (χ2v) is 5.13. The average molecular weight is 212 g/mol. The topological polar surface area (TPSA) is 40.5 Å². The van der Waals surface area contributed by atoms with Crippen molar-refractivity contribution in [2.75, 3.05) is 0 Å². The third-order valence-electron chi connectivity index (χ3n) is 3.13. The first-order chi connectivity index (χ1) is 6.63. The molecule has 2 rings (SSSR count). The molecule has 1 fully saturated rings. The molecule has 1 saturated carbocycles. The SMILES string of the molecule is Cc1ccsc1C(O)C1(O)CCCC1. The maximum absolute atomic E-state index is 10.2. The Morgan fingerprint density at radius 3 is 2.57 bits per heavy atom. The van der Waals surface area contributed by atoms with Crippen molar-refractivity contribution in [1.29, 1.82) is 0 Å². The normalized spacial score (nSPS) is 22.5. The van der Waals surface area contributed by atoms with Crippen molar-refractivity contribution in [2.45, 2.75) is 44.3 Å².